The molecule has 3 rings (SSSR count). The van der Waals surface area contributed by atoms with Crippen molar-refractivity contribution in [2.45, 2.75) is 57.5 Å². The number of carbonyl (C=O) groups excluding carboxylic acids is 2. The zero-order valence-electron chi connectivity index (χ0n) is 13.1. The van der Waals surface area contributed by atoms with Crippen LogP contribution in [0.25, 0.3) is 0 Å². The number of hydrogen-bond donors (Lipinski definition) is 1. The maximum atomic E-state index is 12.7. The quantitative estimate of drug-likeness (QED) is 0.927. The second-order valence-corrected chi connectivity index (χ2v) is 7.24. The number of nitrogens with zero attached hydrogens (tertiary/aromatic N) is 1. The molecule has 2 fully saturated rings. The van der Waals surface area contributed by atoms with Crippen LogP contribution in [-0.2, 0) is 9.59 Å². The molecule has 2 heterocycles. The van der Waals surface area contributed by atoms with E-state index in [2.05, 4.69) is 22.1 Å². The number of likely N-dealkylation sites (tertiary alicyclic amines) is 1. The van der Waals surface area contributed by atoms with E-state index in [1.165, 1.54) is 5.56 Å². The van der Waals surface area contributed by atoms with Gasteiger partial charge in [-0.05, 0) is 55.0 Å². The van der Waals surface area contributed by atoms with Crippen molar-refractivity contribution in [2.24, 2.45) is 5.92 Å². The lowest BCUT2D eigenvalue weighted by molar-refractivity contribution is -0.137. The Morgan fingerprint density at radius 1 is 1.27 bits per heavy atom. The number of rotatable bonds is 4. The predicted molar refractivity (Wildman–Crippen MR) is 87.6 cm³/mol. The third-order valence-corrected chi connectivity index (χ3v) is 5.62. The molecule has 120 valence electrons. The first kappa shape index (κ1) is 15.5. The molecular formula is C17H24N2O2S. The molecule has 1 aromatic rings. The highest BCUT2D eigenvalue weighted by Crippen LogP contribution is 2.33. The molecule has 1 N–H and O–H groups in total. The molecule has 22 heavy (non-hydrogen) atoms. The van der Waals surface area contributed by atoms with Crippen molar-refractivity contribution in [1.29, 1.82) is 0 Å². The van der Waals surface area contributed by atoms with Gasteiger partial charge in [-0.2, -0.15) is 11.3 Å². The first-order chi connectivity index (χ1) is 10.7. The SMILES string of the molecule is C[C@@H](NC(=O)C1CCCC1)C(=O)N1CCC[C@@H]1c1ccsc1. The molecule has 2 amide bonds. The van der Waals surface area contributed by atoms with Gasteiger partial charge in [-0.25, -0.2) is 0 Å². The molecule has 2 aliphatic rings. The maximum absolute atomic E-state index is 12.7. The fraction of sp³-hybridized carbons (Fsp3) is 0.647. The second kappa shape index (κ2) is 6.82. The summed E-state index contributed by atoms with van der Waals surface area (Å²) >= 11 is 1.67. The zero-order valence-corrected chi connectivity index (χ0v) is 13.9. The number of thiophene rings is 1. The number of amides is 2. The first-order valence-corrected chi connectivity index (χ1v) is 9.24. The molecule has 1 saturated heterocycles. The van der Waals surface area contributed by atoms with Gasteiger partial charge in [-0.3, -0.25) is 9.59 Å². The fourth-order valence-electron chi connectivity index (χ4n) is 3.67. The lowest BCUT2D eigenvalue weighted by Crippen LogP contribution is -2.47. The summed E-state index contributed by atoms with van der Waals surface area (Å²) in [6.45, 7) is 2.61. The van der Waals surface area contributed by atoms with Crippen LogP contribution in [0.15, 0.2) is 16.8 Å². The Hall–Kier alpha value is -1.36. The summed E-state index contributed by atoms with van der Waals surface area (Å²) in [7, 11) is 0. The summed E-state index contributed by atoms with van der Waals surface area (Å²) in [5.74, 6) is 0.228. The van der Waals surface area contributed by atoms with E-state index in [9.17, 15) is 9.59 Å². The third-order valence-electron chi connectivity index (χ3n) is 4.92. The molecular weight excluding hydrogens is 296 g/mol. The standard InChI is InChI=1S/C17H24N2O2S/c1-12(18-16(20)13-5-2-3-6-13)17(21)19-9-4-7-15(19)14-8-10-22-11-14/h8,10-13,15H,2-7,9H2,1H3,(H,18,20)/t12-,15-/m1/s1. The Kier molecular flexibility index (Phi) is 4.81. The molecule has 5 heteroatoms. The van der Waals surface area contributed by atoms with Crippen LogP contribution in [0.1, 0.15) is 57.1 Å². The highest BCUT2D eigenvalue weighted by molar-refractivity contribution is 7.07. The average molecular weight is 320 g/mol. The lowest BCUT2D eigenvalue weighted by atomic mass is 10.1. The molecule has 0 radical (unpaired) electrons. The molecule has 0 aromatic carbocycles. The van der Waals surface area contributed by atoms with E-state index in [0.29, 0.717) is 0 Å². The van der Waals surface area contributed by atoms with Gasteiger partial charge in [0, 0.05) is 12.5 Å². The topological polar surface area (TPSA) is 49.4 Å². The van der Waals surface area contributed by atoms with Crippen LogP contribution in [0.5, 0.6) is 0 Å². The minimum absolute atomic E-state index is 0.0556. The zero-order chi connectivity index (χ0) is 15.5. The van der Waals surface area contributed by atoms with E-state index in [0.717, 1.165) is 45.1 Å². The van der Waals surface area contributed by atoms with Gasteiger partial charge in [-0.1, -0.05) is 12.8 Å². The molecule has 1 saturated carbocycles. The smallest absolute Gasteiger partial charge is 0.245 e. The molecule has 1 aliphatic carbocycles. The Balaban J connectivity index is 1.61. The van der Waals surface area contributed by atoms with Crippen LogP contribution >= 0.6 is 11.3 Å². The van der Waals surface area contributed by atoms with Crippen molar-refractivity contribution in [3.63, 3.8) is 0 Å². The number of carbonyl (C=O) groups is 2. The van der Waals surface area contributed by atoms with Crippen LogP contribution in [0, 0.1) is 5.92 Å². The van der Waals surface area contributed by atoms with Crippen LogP contribution in [0.2, 0.25) is 0 Å². The predicted octanol–water partition coefficient (Wildman–Crippen LogP) is 3.11. The lowest BCUT2D eigenvalue weighted by Gasteiger charge is -2.28. The minimum Gasteiger partial charge on any atom is -0.344 e. The normalized spacial score (nSPS) is 23.7. The van der Waals surface area contributed by atoms with Crippen LogP contribution in [0.4, 0.5) is 0 Å². The van der Waals surface area contributed by atoms with Gasteiger partial charge in [-0.15, -0.1) is 0 Å². The van der Waals surface area contributed by atoms with Crippen molar-refractivity contribution in [1.82, 2.24) is 10.2 Å². The largest absolute Gasteiger partial charge is 0.344 e. The summed E-state index contributed by atoms with van der Waals surface area (Å²) in [6, 6.07) is 1.86. The van der Waals surface area contributed by atoms with Gasteiger partial charge in [0.25, 0.3) is 0 Å². The highest BCUT2D eigenvalue weighted by atomic mass is 32.1. The Morgan fingerprint density at radius 2 is 2.05 bits per heavy atom. The van der Waals surface area contributed by atoms with Gasteiger partial charge >= 0.3 is 0 Å². The average Bonchev–Trinajstić information content (AvgIpc) is 3.26. The van der Waals surface area contributed by atoms with Crippen LogP contribution < -0.4 is 5.32 Å². The first-order valence-electron chi connectivity index (χ1n) is 8.30. The van der Waals surface area contributed by atoms with Crippen molar-refractivity contribution >= 4 is 23.2 Å². The molecule has 4 nitrogen and oxygen atoms in total. The highest BCUT2D eigenvalue weighted by Gasteiger charge is 2.34. The monoisotopic (exact) mass is 320 g/mol. The molecule has 0 unspecified atom stereocenters. The van der Waals surface area contributed by atoms with Crippen molar-refractivity contribution in [2.75, 3.05) is 6.54 Å². The minimum atomic E-state index is -0.424. The van der Waals surface area contributed by atoms with Crippen molar-refractivity contribution in [3.8, 4) is 0 Å². The maximum Gasteiger partial charge on any atom is 0.245 e. The molecule has 1 aliphatic heterocycles. The van der Waals surface area contributed by atoms with E-state index in [-0.39, 0.29) is 23.8 Å². The van der Waals surface area contributed by atoms with Crippen molar-refractivity contribution < 1.29 is 9.59 Å². The Labute approximate surface area is 135 Å². The Morgan fingerprint density at radius 3 is 2.73 bits per heavy atom. The second-order valence-electron chi connectivity index (χ2n) is 6.46. The van der Waals surface area contributed by atoms with Gasteiger partial charge in [0.05, 0.1) is 6.04 Å². The summed E-state index contributed by atoms with van der Waals surface area (Å²) in [6.07, 6.45) is 6.25. The van der Waals surface area contributed by atoms with E-state index < -0.39 is 6.04 Å². The molecule has 0 spiro atoms. The van der Waals surface area contributed by atoms with E-state index in [1.807, 2.05) is 11.8 Å². The summed E-state index contributed by atoms with van der Waals surface area (Å²) in [4.78, 5) is 26.9. The van der Waals surface area contributed by atoms with Gasteiger partial charge in [0.2, 0.25) is 11.8 Å². The Bertz CT molecular complexity index is 523. The number of hydrogen-bond acceptors (Lipinski definition) is 3. The summed E-state index contributed by atoms with van der Waals surface area (Å²) in [5, 5.41) is 7.12. The third kappa shape index (κ3) is 3.19. The van der Waals surface area contributed by atoms with Gasteiger partial charge in [0.15, 0.2) is 0 Å². The summed E-state index contributed by atoms with van der Waals surface area (Å²) < 4.78 is 0. The molecule has 2 atom stereocenters. The van der Waals surface area contributed by atoms with E-state index >= 15 is 0 Å². The number of nitrogens with one attached hydrogen (secondary N) is 1. The van der Waals surface area contributed by atoms with Gasteiger partial charge in [0.1, 0.15) is 6.04 Å². The van der Waals surface area contributed by atoms with Crippen molar-refractivity contribution in [3.05, 3.63) is 22.4 Å². The summed E-state index contributed by atoms with van der Waals surface area (Å²) in [5.41, 5.74) is 1.23. The van der Waals surface area contributed by atoms with Gasteiger partial charge < -0.3 is 10.2 Å². The van der Waals surface area contributed by atoms with Crippen LogP contribution in [-0.4, -0.2) is 29.3 Å². The fourth-order valence-corrected chi connectivity index (χ4v) is 4.38. The molecule has 1 aromatic heterocycles. The van der Waals surface area contributed by atoms with E-state index in [4.69, 9.17) is 0 Å². The van der Waals surface area contributed by atoms with E-state index in [1.54, 1.807) is 11.3 Å². The van der Waals surface area contributed by atoms with Crippen LogP contribution in [0.3, 0.4) is 0 Å². The molecule has 0 bridgehead atoms.